The van der Waals surface area contributed by atoms with E-state index in [1.54, 1.807) is 0 Å². The number of H-pyrrole nitrogens is 4. The van der Waals surface area contributed by atoms with Gasteiger partial charge in [-0.3, -0.25) is 0 Å². The molecular weight excluding hydrogens is 1220 g/mol. The lowest BCUT2D eigenvalue weighted by Crippen LogP contribution is -1.93. The summed E-state index contributed by atoms with van der Waals surface area (Å²) in [5.41, 5.74) is 45.5. The van der Waals surface area contributed by atoms with E-state index in [0.29, 0.717) is 0 Å². The standard InChI is InChI=1S/C92H114N8/c1-17-25-29-33-37-71-59(13)75-49-79-55(9)67(21-5)89(97-79)87(90-68(22-6)56(10)80(98-90)50-76-60(14)72(38-34-30-26-18-2)84(94-76)53-83(71)93-75)65-45-41-63(42-46-65)64-43-47-66(48-44-64)88-91-69(23-7)57(11)81(99-91)51-77-61(15)73(39-35-31-27-19-3)85(95-77)54-86-74(40-36-32-28-20-4)62(16)78(96-86)52-82-58(12)70(24-8)92(88)100-82/h41-54,93,95,98,100H,17-40H2,1-16H3. The normalized spacial score (nSPS) is 13.4. The van der Waals surface area contributed by atoms with Crippen LogP contribution in [0.5, 0.6) is 0 Å². The van der Waals surface area contributed by atoms with E-state index in [1.165, 1.54) is 190 Å². The molecule has 0 unspecified atom stereocenters. The molecule has 16 bridgehead atoms. The molecule has 8 nitrogen and oxygen atoms in total. The van der Waals surface area contributed by atoms with Crippen molar-refractivity contribution >= 4 is 88.7 Å². The van der Waals surface area contributed by atoms with E-state index >= 15 is 0 Å². The number of aryl methyl sites for hydroxylation is 8. The minimum Gasteiger partial charge on any atom is -0.355 e. The Morgan fingerprint density at radius 3 is 0.880 bits per heavy atom. The highest BCUT2D eigenvalue weighted by molar-refractivity contribution is 6.04. The first-order valence-corrected chi connectivity index (χ1v) is 39.1. The molecule has 100 heavy (non-hydrogen) atoms. The van der Waals surface area contributed by atoms with Gasteiger partial charge in [0.1, 0.15) is 0 Å². The summed E-state index contributed by atoms with van der Waals surface area (Å²) in [5, 5.41) is 0. The van der Waals surface area contributed by atoms with E-state index in [4.69, 9.17) is 19.9 Å². The number of hydrogen-bond acceptors (Lipinski definition) is 4. The number of benzene rings is 2. The second kappa shape index (κ2) is 31.7. The van der Waals surface area contributed by atoms with Crippen molar-refractivity contribution in [3.8, 4) is 33.4 Å². The van der Waals surface area contributed by atoms with E-state index in [2.05, 4.69) is 216 Å². The Morgan fingerprint density at radius 2 is 0.550 bits per heavy atom. The zero-order chi connectivity index (χ0) is 70.5. The molecular formula is C92H114N8. The number of aromatic amines is 4. The molecule has 0 saturated heterocycles. The lowest BCUT2D eigenvalue weighted by molar-refractivity contribution is 0.667. The van der Waals surface area contributed by atoms with Crippen molar-refractivity contribution in [3.05, 3.63) is 175 Å². The summed E-state index contributed by atoms with van der Waals surface area (Å²) in [5.74, 6) is 0. The highest BCUT2D eigenvalue weighted by Gasteiger charge is 2.28. The predicted molar refractivity (Wildman–Crippen MR) is 433 cm³/mol. The quantitative estimate of drug-likeness (QED) is 0.0384. The monoisotopic (exact) mass is 1330 g/mol. The fourth-order valence-corrected chi connectivity index (χ4v) is 16.8. The molecule has 4 aliphatic heterocycles. The zero-order valence-corrected chi connectivity index (χ0v) is 63.8. The van der Waals surface area contributed by atoms with Crippen LogP contribution in [-0.2, 0) is 25.7 Å². The van der Waals surface area contributed by atoms with Crippen LogP contribution >= 0.6 is 0 Å². The predicted octanol–water partition coefficient (Wildman–Crippen LogP) is 27.0. The maximum absolute atomic E-state index is 5.78. The van der Waals surface area contributed by atoms with E-state index < -0.39 is 0 Å². The summed E-state index contributed by atoms with van der Waals surface area (Å²) in [6, 6.07) is 32.9. The van der Waals surface area contributed by atoms with Crippen molar-refractivity contribution in [1.82, 2.24) is 39.9 Å². The fourth-order valence-electron chi connectivity index (χ4n) is 16.8. The molecule has 0 amide bonds. The Hall–Kier alpha value is -8.36. The van der Waals surface area contributed by atoms with Crippen molar-refractivity contribution in [1.29, 1.82) is 0 Å². The molecule has 0 aliphatic carbocycles. The minimum atomic E-state index is 0.860. The molecule has 4 aliphatic rings. The van der Waals surface area contributed by atoms with Crippen molar-refractivity contribution < 1.29 is 0 Å². The van der Waals surface area contributed by atoms with E-state index in [-0.39, 0.29) is 0 Å². The van der Waals surface area contributed by atoms with Gasteiger partial charge in [0.15, 0.2) is 0 Å². The van der Waals surface area contributed by atoms with Crippen molar-refractivity contribution in [2.24, 2.45) is 0 Å². The van der Waals surface area contributed by atoms with E-state index in [9.17, 15) is 0 Å². The van der Waals surface area contributed by atoms with Crippen LogP contribution in [0.1, 0.15) is 302 Å². The van der Waals surface area contributed by atoms with Gasteiger partial charge in [0, 0.05) is 44.2 Å². The number of aromatic nitrogens is 8. The Kier molecular flexibility index (Phi) is 22.6. The third kappa shape index (κ3) is 14.1. The molecule has 0 fully saturated rings. The topological polar surface area (TPSA) is 115 Å². The Balaban J connectivity index is 1.03. The first-order chi connectivity index (χ1) is 48.6. The fraction of sp³-hybridized carbons (Fsp3) is 0.435. The third-order valence-corrected chi connectivity index (χ3v) is 23.1. The molecule has 522 valence electrons. The van der Waals surface area contributed by atoms with Crippen LogP contribution in [-0.4, -0.2) is 39.9 Å². The summed E-state index contributed by atoms with van der Waals surface area (Å²) in [6.07, 6.45) is 27.1. The van der Waals surface area contributed by atoms with Gasteiger partial charge in [-0.05, 0) is 280 Å². The zero-order valence-electron chi connectivity index (χ0n) is 63.8. The second-order valence-electron chi connectivity index (χ2n) is 29.4. The molecule has 10 heterocycles. The largest absolute Gasteiger partial charge is 0.355 e. The van der Waals surface area contributed by atoms with Gasteiger partial charge in [0.05, 0.1) is 56.6 Å². The Morgan fingerprint density at radius 1 is 0.260 bits per heavy atom. The van der Waals surface area contributed by atoms with Crippen LogP contribution in [0.25, 0.3) is 122 Å². The van der Waals surface area contributed by atoms with Gasteiger partial charge in [0.25, 0.3) is 0 Å². The molecule has 0 radical (unpaired) electrons. The van der Waals surface area contributed by atoms with Crippen LogP contribution in [0.15, 0.2) is 84.9 Å². The lowest BCUT2D eigenvalue weighted by atomic mass is 9.92. The first-order valence-electron chi connectivity index (χ1n) is 39.1. The number of hydrogen-bond donors (Lipinski definition) is 4. The van der Waals surface area contributed by atoms with Crippen LogP contribution in [0.2, 0.25) is 0 Å². The van der Waals surface area contributed by atoms with Gasteiger partial charge >= 0.3 is 0 Å². The van der Waals surface area contributed by atoms with E-state index in [0.717, 1.165) is 176 Å². The summed E-state index contributed by atoms with van der Waals surface area (Å²) < 4.78 is 0. The average Bonchev–Trinajstić information content (AvgIpc) is 1.57. The van der Waals surface area contributed by atoms with Crippen LogP contribution < -0.4 is 0 Å². The summed E-state index contributed by atoms with van der Waals surface area (Å²) in [6.45, 7) is 36.9. The van der Waals surface area contributed by atoms with Gasteiger partial charge in [0.2, 0.25) is 0 Å². The van der Waals surface area contributed by atoms with Crippen molar-refractivity contribution in [3.63, 3.8) is 0 Å². The molecule has 2 aromatic carbocycles. The lowest BCUT2D eigenvalue weighted by Gasteiger charge is -2.12. The summed E-state index contributed by atoms with van der Waals surface area (Å²) in [4.78, 5) is 39.0. The van der Waals surface area contributed by atoms with Crippen molar-refractivity contribution in [2.45, 2.75) is 265 Å². The molecule has 4 N–H and O–H groups in total. The molecule has 8 aromatic rings. The molecule has 0 saturated carbocycles. The maximum atomic E-state index is 5.78. The number of fused-ring (bicyclic) bond motifs is 16. The van der Waals surface area contributed by atoms with E-state index in [1.807, 2.05) is 0 Å². The Bertz CT molecular complexity index is 4570. The van der Waals surface area contributed by atoms with Crippen LogP contribution in [0.3, 0.4) is 0 Å². The molecule has 6 aromatic heterocycles. The number of unbranched alkanes of at least 4 members (excludes halogenated alkanes) is 12. The first kappa shape index (κ1) is 71.5. The number of allylic oxidation sites excluding steroid dienone is 8. The van der Waals surface area contributed by atoms with Gasteiger partial charge in [-0.2, -0.15) is 0 Å². The molecule has 8 heteroatoms. The number of nitrogens with one attached hydrogen (secondary N) is 4. The molecule has 0 spiro atoms. The maximum Gasteiger partial charge on any atom is 0.0771 e. The Labute approximate surface area is 598 Å². The second-order valence-corrected chi connectivity index (χ2v) is 29.4. The van der Waals surface area contributed by atoms with Gasteiger partial charge < -0.3 is 19.9 Å². The molecule has 0 atom stereocenters. The highest BCUT2D eigenvalue weighted by atomic mass is 14.8. The van der Waals surface area contributed by atoms with Crippen molar-refractivity contribution in [2.75, 3.05) is 0 Å². The summed E-state index contributed by atoms with van der Waals surface area (Å²) >= 11 is 0. The minimum absolute atomic E-state index is 0.860. The number of nitrogens with zero attached hydrogens (tertiary/aromatic N) is 4. The van der Waals surface area contributed by atoms with Gasteiger partial charge in [-0.25, -0.2) is 19.9 Å². The average molecular weight is 1330 g/mol. The van der Waals surface area contributed by atoms with Gasteiger partial charge in [-0.1, -0.05) is 181 Å². The number of rotatable bonds is 27. The summed E-state index contributed by atoms with van der Waals surface area (Å²) in [7, 11) is 0. The highest BCUT2D eigenvalue weighted by Crippen LogP contribution is 2.46. The third-order valence-electron chi connectivity index (χ3n) is 23.1. The van der Waals surface area contributed by atoms with Crippen LogP contribution in [0.4, 0.5) is 0 Å². The molecule has 12 rings (SSSR count). The van der Waals surface area contributed by atoms with Gasteiger partial charge in [-0.15, -0.1) is 0 Å². The smallest absolute Gasteiger partial charge is 0.0771 e. The SMILES string of the molecule is CCCCCCC1=C(C)c2cc3[nH]c(c(CC)c3C)c(-c3ccc(-c4ccc(-c5c6nc(cc7[nH]c(cc8nc(cc9[nH]c5c(CC)c9C)C(C)=C8CCCCCC)c(CCCCCC)c7C)C(C)=C6CC)cc4)cc3)c3nc(cc4[nH]c(cc1n2)c(CCCCCC)c4C)C(C)=C3CC. The van der Waals surface area contributed by atoms with Crippen LogP contribution in [0, 0.1) is 27.7 Å².